The summed E-state index contributed by atoms with van der Waals surface area (Å²) in [6.07, 6.45) is 7.77. The van der Waals surface area contributed by atoms with Crippen LogP contribution in [0.1, 0.15) is 54.5 Å². The summed E-state index contributed by atoms with van der Waals surface area (Å²) in [4.78, 5) is 34.4. The Balaban J connectivity index is 0.970. The molecule has 0 saturated carbocycles. The molecule has 1 unspecified atom stereocenters. The van der Waals surface area contributed by atoms with E-state index in [-0.39, 0.29) is 30.9 Å². The summed E-state index contributed by atoms with van der Waals surface area (Å²) in [6, 6.07) is 35.2. The molecular weight excluding hydrogens is 691 g/mol. The number of para-hydroxylation sites is 2. The van der Waals surface area contributed by atoms with Crippen LogP contribution in [-0.4, -0.2) is 68.9 Å². The van der Waals surface area contributed by atoms with Crippen molar-refractivity contribution >= 4 is 28.9 Å². The minimum absolute atomic E-state index is 0.0685. The van der Waals surface area contributed by atoms with Crippen LogP contribution in [0.5, 0.6) is 0 Å². The van der Waals surface area contributed by atoms with Crippen molar-refractivity contribution in [1.29, 1.82) is 0 Å². The number of allylic oxidation sites excluding steroid dienone is 1. The molecule has 3 aliphatic rings. The van der Waals surface area contributed by atoms with Crippen molar-refractivity contribution in [2.24, 2.45) is 5.92 Å². The molecule has 5 aromatic rings. The lowest BCUT2D eigenvalue weighted by Gasteiger charge is -2.39. The smallest absolute Gasteiger partial charge is 0.264 e. The van der Waals surface area contributed by atoms with Crippen LogP contribution in [0, 0.1) is 5.92 Å². The van der Waals surface area contributed by atoms with Crippen LogP contribution < -0.4 is 20.0 Å². The van der Waals surface area contributed by atoms with Crippen LogP contribution in [0.15, 0.2) is 128 Å². The number of rotatable bonds is 12. The minimum Gasteiger partial charge on any atom is -0.395 e. The highest BCUT2D eigenvalue weighted by Gasteiger charge is 2.54. The summed E-state index contributed by atoms with van der Waals surface area (Å²) in [7, 11) is 0. The second-order valence-corrected chi connectivity index (χ2v) is 14.8. The third-order valence-electron chi connectivity index (χ3n) is 11.6. The third-order valence-corrected chi connectivity index (χ3v) is 11.6. The summed E-state index contributed by atoms with van der Waals surface area (Å²) in [5.74, 6) is -1.06. The number of aryl methyl sites for hydroxylation is 1. The number of anilines is 3. The van der Waals surface area contributed by atoms with Gasteiger partial charge in [0.15, 0.2) is 5.60 Å². The van der Waals surface area contributed by atoms with Crippen LogP contribution in [0.4, 0.5) is 17.1 Å². The molecule has 0 bridgehead atoms. The largest absolute Gasteiger partial charge is 0.395 e. The maximum atomic E-state index is 14.3. The highest BCUT2D eigenvalue weighted by Crippen LogP contribution is 2.46. The topological polar surface area (TPSA) is 127 Å². The lowest BCUT2D eigenvalue weighted by Crippen LogP contribution is -2.55. The number of carbonyl (C=O) groups excluding carboxylic acids is 2. The highest BCUT2D eigenvalue weighted by molar-refractivity contribution is 6.08. The highest BCUT2D eigenvalue weighted by atomic mass is 16.3. The van der Waals surface area contributed by atoms with Gasteiger partial charge in [0.05, 0.1) is 37.1 Å². The number of fused-ring (bicyclic) bond motifs is 1. The number of nitrogens with one attached hydrogen (secondary N) is 1. The summed E-state index contributed by atoms with van der Waals surface area (Å²) in [5.41, 5.74) is 3.24. The first-order valence-corrected chi connectivity index (χ1v) is 19.1. The van der Waals surface area contributed by atoms with E-state index in [9.17, 15) is 19.8 Å². The average molecular weight is 738 g/mol. The Labute approximate surface area is 321 Å². The molecule has 3 aliphatic heterocycles. The summed E-state index contributed by atoms with van der Waals surface area (Å²) < 4.78 is 1.75. The maximum Gasteiger partial charge on any atom is 0.264 e. The second kappa shape index (κ2) is 15.3. The minimum atomic E-state index is -1.75. The number of amides is 2. The van der Waals surface area contributed by atoms with E-state index in [1.54, 1.807) is 9.58 Å². The number of nitrogens with zero attached hydrogens (tertiary/aromatic N) is 6. The van der Waals surface area contributed by atoms with Crippen molar-refractivity contribution in [3.63, 3.8) is 0 Å². The van der Waals surface area contributed by atoms with Gasteiger partial charge < -0.3 is 25.3 Å². The van der Waals surface area contributed by atoms with Gasteiger partial charge in [-0.3, -0.25) is 19.2 Å². The molecule has 1 aromatic heterocycles. The number of hydrogen-bond acceptors (Lipinski definition) is 8. The Morgan fingerprint density at radius 2 is 1.58 bits per heavy atom. The van der Waals surface area contributed by atoms with Crippen molar-refractivity contribution in [3.05, 3.63) is 150 Å². The van der Waals surface area contributed by atoms with Crippen molar-refractivity contribution < 1.29 is 19.8 Å². The van der Waals surface area contributed by atoms with Crippen LogP contribution in [-0.2, 0) is 28.3 Å². The predicted octanol–water partition coefficient (Wildman–Crippen LogP) is 5.35. The molecule has 1 spiro atoms. The van der Waals surface area contributed by atoms with Gasteiger partial charge in [0.25, 0.3) is 11.8 Å². The first-order chi connectivity index (χ1) is 26.8. The van der Waals surface area contributed by atoms with Gasteiger partial charge in [-0.25, -0.2) is 0 Å². The molecular formula is C44H47N7O4. The van der Waals surface area contributed by atoms with E-state index in [4.69, 9.17) is 0 Å². The summed E-state index contributed by atoms with van der Waals surface area (Å²) in [6.45, 7) is 4.59. The van der Waals surface area contributed by atoms with Crippen LogP contribution in [0.3, 0.4) is 0 Å². The lowest BCUT2D eigenvalue weighted by atomic mass is 9.83. The summed E-state index contributed by atoms with van der Waals surface area (Å²) in [5, 5.41) is 34.3. The van der Waals surface area contributed by atoms with Gasteiger partial charge >= 0.3 is 0 Å². The summed E-state index contributed by atoms with van der Waals surface area (Å²) >= 11 is 0. The van der Waals surface area contributed by atoms with E-state index in [1.165, 1.54) is 0 Å². The monoisotopic (exact) mass is 737 g/mol. The number of piperidine rings is 1. The SMILES string of the molecule is C[C@H](/C=C/CCn1cc(C(CO)c2ccccc2)nn1)[C@@]1(O)C(=O)N(Cc2cccc(N3CN(c4ccccc4)C4(CCNCC4)C3=O)c2)c2ccccc21. The van der Waals surface area contributed by atoms with E-state index < -0.39 is 17.1 Å². The average Bonchev–Trinajstić information content (AvgIpc) is 3.87. The van der Waals surface area contributed by atoms with Gasteiger partial charge in [-0.2, -0.15) is 0 Å². The molecule has 3 atom stereocenters. The van der Waals surface area contributed by atoms with Gasteiger partial charge in [0, 0.05) is 35.6 Å². The number of benzene rings is 4. The van der Waals surface area contributed by atoms with E-state index in [0.29, 0.717) is 36.6 Å². The fourth-order valence-electron chi connectivity index (χ4n) is 8.52. The Bertz CT molecular complexity index is 2170. The normalized spacial score (nSPS) is 20.5. The molecule has 282 valence electrons. The molecule has 2 saturated heterocycles. The Morgan fingerprint density at radius 3 is 2.35 bits per heavy atom. The molecule has 0 radical (unpaired) electrons. The number of carbonyl (C=O) groups is 2. The Kier molecular flexibility index (Phi) is 10.1. The van der Waals surface area contributed by atoms with Crippen molar-refractivity contribution in [3.8, 4) is 0 Å². The van der Waals surface area contributed by atoms with Crippen LogP contribution in [0.25, 0.3) is 0 Å². The Hall–Kier alpha value is -5.62. The molecule has 11 nitrogen and oxygen atoms in total. The van der Waals surface area contributed by atoms with Gasteiger partial charge in [-0.1, -0.05) is 103 Å². The molecule has 4 heterocycles. The number of hydrogen-bond donors (Lipinski definition) is 3. The maximum absolute atomic E-state index is 14.3. The van der Waals surface area contributed by atoms with Crippen LogP contribution in [0.2, 0.25) is 0 Å². The first kappa shape index (κ1) is 36.4. The molecule has 3 N–H and O–H groups in total. The zero-order valence-electron chi connectivity index (χ0n) is 31.0. The van der Waals surface area contributed by atoms with Gasteiger partial charge in [-0.05, 0) is 73.8 Å². The van der Waals surface area contributed by atoms with Crippen molar-refractivity contribution in [2.45, 2.75) is 56.3 Å². The molecule has 55 heavy (non-hydrogen) atoms. The fourth-order valence-corrected chi connectivity index (χ4v) is 8.52. The van der Waals surface area contributed by atoms with Crippen molar-refractivity contribution in [1.82, 2.24) is 20.3 Å². The van der Waals surface area contributed by atoms with Gasteiger partial charge in [-0.15, -0.1) is 5.10 Å². The van der Waals surface area contributed by atoms with E-state index in [2.05, 4.69) is 32.7 Å². The number of aliphatic hydroxyl groups excluding tert-OH is 1. The predicted molar refractivity (Wildman–Crippen MR) is 212 cm³/mol. The first-order valence-electron chi connectivity index (χ1n) is 19.1. The van der Waals surface area contributed by atoms with Gasteiger partial charge in [0.2, 0.25) is 0 Å². The molecule has 0 aliphatic carbocycles. The quantitative estimate of drug-likeness (QED) is 0.146. The zero-order valence-corrected chi connectivity index (χ0v) is 31.0. The molecule has 2 fully saturated rings. The molecule has 11 heteroatoms. The zero-order chi connectivity index (χ0) is 38.0. The second-order valence-electron chi connectivity index (χ2n) is 14.8. The van der Waals surface area contributed by atoms with Crippen LogP contribution >= 0.6 is 0 Å². The Morgan fingerprint density at radius 1 is 0.873 bits per heavy atom. The van der Waals surface area contributed by atoms with E-state index >= 15 is 0 Å². The van der Waals surface area contributed by atoms with Crippen molar-refractivity contribution in [2.75, 3.05) is 41.1 Å². The number of aliphatic hydroxyl groups is 2. The van der Waals surface area contributed by atoms with E-state index in [0.717, 1.165) is 48.4 Å². The fraction of sp³-hybridized carbons (Fsp3) is 0.318. The standard InChI is InChI=1S/C44H47N7O4/c1-32(13-10-11-26-48-29-39(46-47-48)37(30-52)34-15-4-2-5-16-34)44(55)38-20-8-9-21-40(38)49(42(44)54)28-33-14-12-19-36(27-33)50-31-51(35-17-6-3-7-18-35)43(41(50)53)22-24-45-25-23-43/h2-10,12-21,27,29,32,37,45,52,55H,11,22-26,28,30-31H2,1H3/b13-10+/t32-,37?,44+/m1/s1. The molecule has 8 rings (SSSR count). The molecule has 4 aromatic carbocycles. The number of aromatic nitrogens is 3. The third kappa shape index (κ3) is 6.62. The lowest BCUT2D eigenvalue weighted by molar-refractivity contribution is -0.139. The molecule has 2 amide bonds. The van der Waals surface area contributed by atoms with E-state index in [1.807, 2.05) is 127 Å². The van der Waals surface area contributed by atoms with Gasteiger partial charge in [0.1, 0.15) is 5.54 Å².